The molecule has 0 spiro atoms. The summed E-state index contributed by atoms with van der Waals surface area (Å²) in [5, 5.41) is 0. The van der Waals surface area contributed by atoms with Gasteiger partial charge in [0, 0.05) is 0 Å². The number of rotatable bonds is 0. The average Bonchev–Trinajstić information content (AvgIpc) is 1.92. The fourth-order valence-electron chi connectivity index (χ4n) is 0.866. The molecule has 0 radical (unpaired) electrons. The normalized spacial score (nSPS) is 11.8. The van der Waals surface area contributed by atoms with Crippen LogP contribution in [0.4, 0.5) is 17.6 Å². The minimum absolute atomic E-state index is 0.00447. The summed E-state index contributed by atoms with van der Waals surface area (Å²) in [5.41, 5.74) is -1.21. The van der Waals surface area contributed by atoms with Gasteiger partial charge in [0.05, 0.1) is 0 Å². The van der Waals surface area contributed by atoms with E-state index < -0.39 is 17.6 Å². The second-order valence-electron chi connectivity index (χ2n) is 2.43. The molecule has 1 aromatic rings. The van der Waals surface area contributed by atoms with Gasteiger partial charge in [-0.05, 0) is 0 Å². The Bertz CT molecular complexity index is 292. The van der Waals surface area contributed by atoms with E-state index in [-0.39, 0.29) is 4.24 Å². The summed E-state index contributed by atoms with van der Waals surface area (Å²) < 4.78 is 48.7. The molecular weight excluding hydrogens is 167 g/mol. The third-order valence-electron chi connectivity index (χ3n) is 1.50. The first-order chi connectivity index (χ1) is 5.43. The molecule has 1 rings (SSSR count). The Morgan fingerprint density at radius 3 is 2.17 bits per heavy atom. The zero-order valence-corrected chi connectivity index (χ0v) is 6.24. The molecule has 5 heteroatoms. The van der Waals surface area contributed by atoms with E-state index in [2.05, 4.69) is 0 Å². The molecule has 0 saturated carbocycles. The fraction of sp³-hybridized carbons (Fsp3) is 0.143. The molecule has 0 unspecified atom stereocenters. The van der Waals surface area contributed by atoms with E-state index in [4.69, 9.17) is 0 Å². The molecule has 60 valence electrons. The van der Waals surface area contributed by atoms with Crippen molar-refractivity contribution in [2.75, 3.05) is 0 Å². The van der Waals surface area contributed by atoms with E-state index in [0.29, 0.717) is 0 Å². The van der Waals surface area contributed by atoms with E-state index in [1.165, 1.54) is 29.8 Å². The molecule has 1 aromatic carbocycles. The Kier molecular flexibility index (Phi) is 2.50. The predicted octanol–water partition coefficient (Wildman–Crippen LogP) is 1.64. The van der Waals surface area contributed by atoms with Crippen LogP contribution in [-0.4, -0.2) is 17.7 Å². The molecule has 0 saturated heterocycles. The van der Waals surface area contributed by atoms with Gasteiger partial charge in [0.1, 0.15) is 0 Å². The summed E-state index contributed by atoms with van der Waals surface area (Å²) in [7, 11) is 0. The van der Waals surface area contributed by atoms with Crippen LogP contribution in [-0.2, 0) is 6.18 Å². The van der Waals surface area contributed by atoms with Crippen LogP contribution in [0.5, 0.6) is 0 Å². The van der Waals surface area contributed by atoms with Crippen molar-refractivity contribution in [1.82, 2.24) is 0 Å². The molecule has 0 nitrogen and oxygen atoms in total. The van der Waals surface area contributed by atoms with Gasteiger partial charge >= 0.3 is 75.3 Å². The quantitative estimate of drug-likeness (QED) is 0.410. The molecule has 0 aromatic heterocycles. The zero-order chi connectivity index (χ0) is 9.35. The summed E-state index contributed by atoms with van der Waals surface area (Å²) in [4.78, 5) is 0. The van der Waals surface area contributed by atoms with E-state index >= 15 is 0 Å². The standard InChI is InChI=1S/C7H3F4.Li/c8-6-4-2-1-3-5(6)7(9,10)11;/h1-3H;. The van der Waals surface area contributed by atoms with Crippen molar-refractivity contribution in [3.05, 3.63) is 29.6 Å². The van der Waals surface area contributed by atoms with Gasteiger partial charge in [0.2, 0.25) is 0 Å². The van der Waals surface area contributed by atoms with Crippen LogP contribution >= 0.6 is 0 Å². The van der Waals surface area contributed by atoms with Crippen molar-refractivity contribution in [2.45, 2.75) is 6.18 Å². The topological polar surface area (TPSA) is 0 Å². The molecule has 0 heterocycles. The molecule has 0 aliphatic heterocycles. The molecule has 0 aliphatic carbocycles. The van der Waals surface area contributed by atoms with Crippen LogP contribution in [0.25, 0.3) is 0 Å². The van der Waals surface area contributed by atoms with Crippen LogP contribution in [0.2, 0.25) is 0 Å². The van der Waals surface area contributed by atoms with Crippen LogP contribution in [0, 0.1) is 5.82 Å². The molecule has 0 amide bonds. The molecule has 12 heavy (non-hydrogen) atoms. The van der Waals surface area contributed by atoms with Gasteiger partial charge in [-0.1, -0.05) is 0 Å². The van der Waals surface area contributed by atoms with Crippen molar-refractivity contribution in [3.63, 3.8) is 0 Å². The van der Waals surface area contributed by atoms with Crippen molar-refractivity contribution in [1.29, 1.82) is 0 Å². The summed E-state index contributed by atoms with van der Waals surface area (Å²) in [6.07, 6.45) is -4.60. The van der Waals surface area contributed by atoms with Gasteiger partial charge in [0.15, 0.2) is 0 Å². The van der Waals surface area contributed by atoms with Crippen LogP contribution in [0.3, 0.4) is 0 Å². The molecule has 0 fully saturated rings. The Balaban J connectivity index is 3.26. The van der Waals surface area contributed by atoms with Crippen molar-refractivity contribution in [3.8, 4) is 0 Å². The Morgan fingerprint density at radius 2 is 1.75 bits per heavy atom. The second-order valence-corrected chi connectivity index (χ2v) is 2.43. The third-order valence-corrected chi connectivity index (χ3v) is 1.50. The molecule has 0 bridgehead atoms. The number of hydrogen-bond acceptors (Lipinski definition) is 0. The van der Waals surface area contributed by atoms with Crippen molar-refractivity contribution < 1.29 is 17.6 Å². The first-order valence-electron chi connectivity index (χ1n) is 3.25. The van der Waals surface area contributed by atoms with Crippen molar-refractivity contribution >= 4 is 22.0 Å². The second kappa shape index (κ2) is 3.12. The van der Waals surface area contributed by atoms with E-state index in [1.54, 1.807) is 0 Å². The van der Waals surface area contributed by atoms with E-state index in [0.717, 1.165) is 6.07 Å². The Morgan fingerprint density at radius 1 is 1.17 bits per heavy atom. The number of halogens is 4. The first kappa shape index (κ1) is 9.62. The number of hydrogen-bond donors (Lipinski definition) is 0. The third kappa shape index (κ3) is 1.82. The first-order valence-corrected chi connectivity index (χ1v) is 3.25. The monoisotopic (exact) mass is 170 g/mol. The molecule has 0 N–H and O–H groups in total. The number of alkyl halides is 3. The predicted molar refractivity (Wildman–Crippen MR) is 36.8 cm³/mol. The van der Waals surface area contributed by atoms with Crippen LogP contribution in [0.15, 0.2) is 18.2 Å². The van der Waals surface area contributed by atoms with Crippen LogP contribution in [0.1, 0.15) is 5.56 Å². The molecule has 0 atom stereocenters. The maximum atomic E-state index is 12.8. The van der Waals surface area contributed by atoms with Gasteiger partial charge in [0.25, 0.3) is 0 Å². The van der Waals surface area contributed by atoms with Gasteiger partial charge < -0.3 is 0 Å². The molecular formula is C7H3F4Li. The van der Waals surface area contributed by atoms with Gasteiger partial charge in [-0.2, -0.15) is 0 Å². The summed E-state index contributed by atoms with van der Waals surface area (Å²) in [6.45, 7) is 0. The average molecular weight is 170 g/mol. The van der Waals surface area contributed by atoms with Gasteiger partial charge in [-0.25, -0.2) is 0 Å². The SMILES string of the molecule is [Li][c]1cccc(C(F)(F)F)c1F. The maximum absolute atomic E-state index is 12.8. The summed E-state index contributed by atoms with van der Waals surface area (Å²) >= 11 is 1.30. The number of benzene rings is 1. The summed E-state index contributed by atoms with van der Waals surface area (Å²) in [6, 6.07) is 3.20. The zero-order valence-electron chi connectivity index (χ0n) is 6.24. The van der Waals surface area contributed by atoms with Crippen molar-refractivity contribution in [2.24, 2.45) is 0 Å². The summed E-state index contributed by atoms with van der Waals surface area (Å²) in [5.74, 6) is -1.19. The fourth-order valence-corrected chi connectivity index (χ4v) is 0.866. The molecule has 0 aliphatic rings. The van der Waals surface area contributed by atoms with Crippen LogP contribution < -0.4 is 4.24 Å². The Hall–Kier alpha value is -0.463. The Labute approximate surface area is 75.8 Å². The minimum atomic E-state index is -4.60. The van der Waals surface area contributed by atoms with E-state index in [9.17, 15) is 17.6 Å². The van der Waals surface area contributed by atoms with Gasteiger partial charge in [-0.3, -0.25) is 0 Å². The van der Waals surface area contributed by atoms with E-state index in [1.807, 2.05) is 0 Å². The van der Waals surface area contributed by atoms with Gasteiger partial charge in [-0.15, -0.1) is 0 Å².